The predicted octanol–water partition coefficient (Wildman–Crippen LogP) is 3.90. The van der Waals surface area contributed by atoms with Gasteiger partial charge in [0.05, 0.1) is 6.61 Å². The minimum Gasteiger partial charge on any atom is -0.494 e. The molecule has 1 N–H and O–H groups in total. The van der Waals surface area contributed by atoms with Gasteiger partial charge in [0, 0.05) is 18.0 Å². The second-order valence-electron chi connectivity index (χ2n) is 7.13. The third kappa shape index (κ3) is 2.58. The summed E-state index contributed by atoms with van der Waals surface area (Å²) in [6, 6.07) is 9.39. The Bertz CT molecular complexity index is 451. The smallest absolute Gasteiger partial charge is 0.119 e. The Morgan fingerprint density at radius 3 is 2.30 bits per heavy atom. The zero-order chi connectivity index (χ0) is 14.2. The summed E-state index contributed by atoms with van der Waals surface area (Å²) in [4.78, 5) is 0. The average molecular weight is 273 g/mol. The Kier molecular flexibility index (Phi) is 3.53. The number of ether oxygens (including phenoxy) is 1. The molecule has 0 saturated heterocycles. The summed E-state index contributed by atoms with van der Waals surface area (Å²) in [5, 5.41) is 3.66. The van der Waals surface area contributed by atoms with Crippen molar-refractivity contribution >= 4 is 0 Å². The summed E-state index contributed by atoms with van der Waals surface area (Å²) < 4.78 is 5.56. The lowest BCUT2D eigenvalue weighted by Gasteiger charge is -2.50. The van der Waals surface area contributed by atoms with Crippen LogP contribution in [-0.2, 0) is 5.41 Å². The number of nitrogens with one attached hydrogen (secondary N) is 1. The van der Waals surface area contributed by atoms with Crippen LogP contribution in [0.15, 0.2) is 24.3 Å². The van der Waals surface area contributed by atoms with Gasteiger partial charge in [0.25, 0.3) is 0 Å². The molecule has 0 bridgehead atoms. The molecule has 0 heterocycles. The van der Waals surface area contributed by atoms with Gasteiger partial charge in [-0.15, -0.1) is 0 Å². The summed E-state index contributed by atoms with van der Waals surface area (Å²) in [5.41, 5.74) is 2.58. The lowest BCUT2D eigenvalue weighted by molar-refractivity contribution is 0.114. The van der Waals surface area contributed by atoms with E-state index in [1.807, 2.05) is 6.92 Å². The molecule has 2 nitrogen and oxygen atoms in total. The first-order valence-electron chi connectivity index (χ1n) is 8.04. The summed E-state index contributed by atoms with van der Waals surface area (Å²) in [5.74, 6) is 0.990. The van der Waals surface area contributed by atoms with Crippen molar-refractivity contribution in [1.82, 2.24) is 5.32 Å². The summed E-state index contributed by atoms with van der Waals surface area (Å²) in [6.07, 6.45) is 5.64. The minimum absolute atomic E-state index is 0.367. The monoisotopic (exact) mass is 273 g/mol. The Morgan fingerprint density at radius 1 is 1.15 bits per heavy atom. The molecular weight excluding hydrogens is 246 g/mol. The summed E-state index contributed by atoms with van der Waals surface area (Å²) in [7, 11) is 0. The summed E-state index contributed by atoms with van der Waals surface area (Å²) in [6.45, 7) is 8.35. The molecule has 1 aromatic rings. The van der Waals surface area contributed by atoms with Crippen LogP contribution < -0.4 is 10.1 Å². The molecule has 3 rings (SSSR count). The molecule has 2 heteroatoms. The van der Waals surface area contributed by atoms with Gasteiger partial charge < -0.3 is 10.1 Å². The van der Waals surface area contributed by atoms with Gasteiger partial charge in [-0.3, -0.25) is 0 Å². The van der Waals surface area contributed by atoms with Crippen LogP contribution in [0.2, 0.25) is 0 Å². The highest BCUT2D eigenvalue weighted by Crippen LogP contribution is 2.68. The molecular formula is C18H27NO. The van der Waals surface area contributed by atoms with Crippen molar-refractivity contribution in [3.05, 3.63) is 29.8 Å². The van der Waals surface area contributed by atoms with Crippen molar-refractivity contribution in [3.8, 4) is 5.75 Å². The van der Waals surface area contributed by atoms with E-state index in [0.29, 0.717) is 11.5 Å². The molecule has 2 saturated carbocycles. The lowest BCUT2D eigenvalue weighted by atomic mass is 9.56. The van der Waals surface area contributed by atoms with Gasteiger partial charge in [-0.25, -0.2) is 0 Å². The number of hydrogen-bond acceptors (Lipinski definition) is 2. The van der Waals surface area contributed by atoms with E-state index in [-0.39, 0.29) is 0 Å². The van der Waals surface area contributed by atoms with Crippen LogP contribution in [0.25, 0.3) is 0 Å². The molecule has 0 unspecified atom stereocenters. The van der Waals surface area contributed by atoms with E-state index in [1.54, 1.807) is 0 Å². The fourth-order valence-electron chi connectivity index (χ4n) is 3.82. The highest BCUT2D eigenvalue weighted by molar-refractivity contribution is 5.37. The van der Waals surface area contributed by atoms with Gasteiger partial charge in [0.1, 0.15) is 5.75 Å². The van der Waals surface area contributed by atoms with Crippen molar-refractivity contribution in [2.75, 3.05) is 13.2 Å². The standard InChI is InChI=1S/C18H27NO/c1-4-20-16-7-5-15(6-8-16)18(13-19-14(2)3)11-17(12-18)9-10-17/h5-8,14,19H,4,9-13H2,1-3H3. The van der Waals surface area contributed by atoms with E-state index < -0.39 is 0 Å². The third-order valence-corrected chi connectivity index (χ3v) is 5.01. The molecule has 20 heavy (non-hydrogen) atoms. The third-order valence-electron chi connectivity index (χ3n) is 5.01. The van der Waals surface area contributed by atoms with Crippen LogP contribution in [0.4, 0.5) is 0 Å². The molecule has 1 spiro atoms. The van der Waals surface area contributed by atoms with E-state index in [0.717, 1.165) is 24.3 Å². The molecule has 0 aliphatic heterocycles. The Labute approximate surface area is 122 Å². The molecule has 2 fully saturated rings. The minimum atomic E-state index is 0.367. The number of benzene rings is 1. The molecule has 0 amide bonds. The first kappa shape index (κ1) is 13.9. The fourth-order valence-corrected chi connectivity index (χ4v) is 3.82. The molecule has 110 valence electrons. The zero-order valence-electron chi connectivity index (χ0n) is 13.0. The SMILES string of the molecule is CCOc1ccc(C2(CNC(C)C)CC3(CC3)C2)cc1. The molecule has 0 aromatic heterocycles. The highest BCUT2D eigenvalue weighted by Gasteiger charge is 2.60. The Balaban J connectivity index is 1.75. The van der Waals surface area contributed by atoms with Crippen LogP contribution in [0.1, 0.15) is 52.0 Å². The zero-order valence-corrected chi connectivity index (χ0v) is 13.0. The fraction of sp³-hybridized carbons (Fsp3) is 0.667. The Morgan fingerprint density at radius 2 is 1.80 bits per heavy atom. The second-order valence-corrected chi connectivity index (χ2v) is 7.13. The largest absolute Gasteiger partial charge is 0.494 e. The maximum Gasteiger partial charge on any atom is 0.119 e. The van der Waals surface area contributed by atoms with Crippen molar-refractivity contribution in [3.63, 3.8) is 0 Å². The van der Waals surface area contributed by atoms with Crippen LogP contribution in [-0.4, -0.2) is 19.2 Å². The van der Waals surface area contributed by atoms with Crippen molar-refractivity contribution in [2.45, 2.75) is 57.9 Å². The molecule has 0 radical (unpaired) electrons. The first-order chi connectivity index (χ1) is 9.57. The number of hydrogen-bond donors (Lipinski definition) is 1. The van der Waals surface area contributed by atoms with Crippen molar-refractivity contribution in [2.24, 2.45) is 5.41 Å². The average Bonchev–Trinajstić information content (AvgIpc) is 3.16. The maximum absolute atomic E-state index is 5.56. The van der Waals surface area contributed by atoms with Crippen LogP contribution in [0.3, 0.4) is 0 Å². The van der Waals surface area contributed by atoms with E-state index in [2.05, 4.69) is 43.4 Å². The van der Waals surface area contributed by atoms with E-state index in [4.69, 9.17) is 4.74 Å². The topological polar surface area (TPSA) is 21.3 Å². The van der Waals surface area contributed by atoms with Crippen LogP contribution >= 0.6 is 0 Å². The summed E-state index contributed by atoms with van der Waals surface area (Å²) >= 11 is 0. The molecule has 2 aliphatic rings. The molecule has 1 aromatic carbocycles. The van der Waals surface area contributed by atoms with Gasteiger partial charge in [0.2, 0.25) is 0 Å². The normalized spacial score (nSPS) is 21.8. The van der Waals surface area contributed by atoms with Gasteiger partial charge >= 0.3 is 0 Å². The van der Waals surface area contributed by atoms with Gasteiger partial charge in [-0.1, -0.05) is 26.0 Å². The van der Waals surface area contributed by atoms with Crippen LogP contribution in [0, 0.1) is 5.41 Å². The van der Waals surface area contributed by atoms with Gasteiger partial charge in [-0.05, 0) is 55.7 Å². The van der Waals surface area contributed by atoms with E-state index in [9.17, 15) is 0 Å². The van der Waals surface area contributed by atoms with E-state index >= 15 is 0 Å². The predicted molar refractivity (Wildman–Crippen MR) is 83.3 cm³/mol. The lowest BCUT2D eigenvalue weighted by Crippen LogP contribution is -2.50. The van der Waals surface area contributed by atoms with Gasteiger partial charge in [0.15, 0.2) is 0 Å². The maximum atomic E-state index is 5.56. The van der Waals surface area contributed by atoms with Crippen molar-refractivity contribution in [1.29, 1.82) is 0 Å². The quantitative estimate of drug-likeness (QED) is 0.849. The van der Waals surface area contributed by atoms with Crippen LogP contribution in [0.5, 0.6) is 5.75 Å². The van der Waals surface area contributed by atoms with Gasteiger partial charge in [-0.2, -0.15) is 0 Å². The van der Waals surface area contributed by atoms with Crippen molar-refractivity contribution < 1.29 is 4.74 Å². The highest BCUT2D eigenvalue weighted by atomic mass is 16.5. The Hall–Kier alpha value is -1.02. The number of rotatable bonds is 6. The second kappa shape index (κ2) is 5.07. The van der Waals surface area contributed by atoms with E-state index in [1.165, 1.54) is 31.2 Å². The molecule has 2 aliphatic carbocycles. The first-order valence-corrected chi connectivity index (χ1v) is 8.04. The molecule has 0 atom stereocenters.